The Bertz CT molecular complexity index is 453. The van der Waals surface area contributed by atoms with Gasteiger partial charge in [-0.1, -0.05) is 19.3 Å². The van der Waals surface area contributed by atoms with E-state index < -0.39 is 0 Å². The maximum atomic E-state index is 12.2. The third kappa shape index (κ3) is 3.16. The van der Waals surface area contributed by atoms with E-state index in [-0.39, 0.29) is 17.2 Å². The van der Waals surface area contributed by atoms with Crippen LogP contribution in [0.1, 0.15) is 49.4 Å². The lowest BCUT2D eigenvalue weighted by molar-refractivity contribution is 0.0882. The molecule has 4 heteroatoms. The first-order valence-electron chi connectivity index (χ1n) is 6.31. The van der Waals surface area contributed by atoms with E-state index >= 15 is 0 Å². The zero-order valence-electron chi connectivity index (χ0n) is 10.5. The topological polar surface area (TPSA) is 49.3 Å². The molecule has 1 aliphatic carbocycles. The van der Waals surface area contributed by atoms with Crippen molar-refractivity contribution in [3.05, 3.63) is 27.3 Å². The number of amides is 1. The molecule has 3 nitrogen and oxygen atoms in total. The first kappa shape index (κ1) is 13.6. The molecule has 1 fully saturated rings. The first-order valence-corrected chi connectivity index (χ1v) is 7.39. The molecule has 0 atom stereocenters. The number of hydrogen-bond donors (Lipinski definition) is 2. The zero-order chi connectivity index (χ0) is 13.2. The zero-order valence-corrected chi connectivity index (χ0v) is 12.7. The minimum atomic E-state index is -0.0916. The highest BCUT2D eigenvalue weighted by Gasteiger charge is 2.28. The molecule has 0 heterocycles. The van der Waals surface area contributed by atoms with Crippen molar-refractivity contribution >= 4 is 28.5 Å². The van der Waals surface area contributed by atoms with Gasteiger partial charge in [0.2, 0.25) is 0 Å². The van der Waals surface area contributed by atoms with E-state index in [4.69, 9.17) is 0 Å². The minimum Gasteiger partial charge on any atom is -0.507 e. The van der Waals surface area contributed by atoms with E-state index in [0.717, 1.165) is 16.4 Å². The van der Waals surface area contributed by atoms with Gasteiger partial charge in [0.1, 0.15) is 5.75 Å². The number of carbonyl (C=O) groups excluding carboxylic acids is 1. The van der Waals surface area contributed by atoms with Gasteiger partial charge in [-0.2, -0.15) is 0 Å². The van der Waals surface area contributed by atoms with Gasteiger partial charge < -0.3 is 10.4 Å². The maximum absolute atomic E-state index is 12.2. The van der Waals surface area contributed by atoms with E-state index in [9.17, 15) is 9.90 Å². The highest BCUT2D eigenvalue weighted by molar-refractivity contribution is 14.1. The predicted octanol–water partition coefficient (Wildman–Crippen LogP) is 3.45. The summed E-state index contributed by atoms with van der Waals surface area (Å²) < 4.78 is 0.757. The summed E-state index contributed by atoms with van der Waals surface area (Å²) in [4.78, 5) is 12.2. The van der Waals surface area contributed by atoms with Crippen LogP contribution in [0.15, 0.2) is 18.2 Å². The van der Waals surface area contributed by atoms with Crippen molar-refractivity contribution in [2.45, 2.75) is 44.6 Å². The van der Waals surface area contributed by atoms with Gasteiger partial charge in [-0.25, -0.2) is 0 Å². The SMILES string of the molecule is CC1(NC(=O)c2ccc(I)c(O)c2)CCCCC1. The quantitative estimate of drug-likeness (QED) is 0.795. The molecule has 2 rings (SSSR count). The summed E-state index contributed by atoms with van der Waals surface area (Å²) in [6.45, 7) is 2.11. The Morgan fingerprint density at radius 3 is 2.61 bits per heavy atom. The Labute approximate surface area is 121 Å². The smallest absolute Gasteiger partial charge is 0.251 e. The molecule has 2 N–H and O–H groups in total. The summed E-state index contributed by atoms with van der Waals surface area (Å²) in [5, 5.41) is 12.7. The molecule has 1 amide bonds. The highest BCUT2D eigenvalue weighted by Crippen LogP contribution is 2.28. The lowest BCUT2D eigenvalue weighted by Crippen LogP contribution is -2.47. The van der Waals surface area contributed by atoms with Crippen LogP contribution in [0.3, 0.4) is 0 Å². The molecule has 98 valence electrons. The Balaban J connectivity index is 2.09. The van der Waals surface area contributed by atoms with Gasteiger partial charge in [0.15, 0.2) is 0 Å². The van der Waals surface area contributed by atoms with Crippen molar-refractivity contribution in [3.8, 4) is 5.75 Å². The molecule has 0 aliphatic heterocycles. The number of carbonyl (C=O) groups is 1. The molecule has 0 aromatic heterocycles. The number of benzene rings is 1. The predicted molar refractivity (Wildman–Crippen MR) is 79.8 cm³/mol. The van der Waals surface area contributed by atoms with E-state index in [2.05, 4.69) is 12.2 Å². The van der Waals surface area contributed by atoms with Gasteiger partial charge in [0.05, 0.1) is 3.57 Å². The number of rotatable bonds is 2. The average molecular weight is 359 g/mol. The fourth-order valence-corrected chi connectivity index (χ4v) is 2.79. The number of aromatic hydroxyl groups is 1. The molecule has 0 saturated heterocycles. The van der Waals surface area contributed by atoms with E-state index in [1.165, 1.54) is 25.3 Å². The summed E-state index contributed by atoms with van der Waals surface area (Å²) in [6.07, 6.45) is 5.68. The molecule has 0 spiro atoms. The second-order valence-corrected chi connectivity index (χ2v) is 6.40. The third-order valence-electron chi connectivity index (χ3n) is 3.58. The molecular formula is C14H18INO2. The number of phenolic OH excluding ortho intramolecular Hbond substituents is 1. The Morgan fingerprint density at radius 2 is 2.00 bits per heavy atom. The lowest BCUT2D eigenvalue weighted by Gasteiger charge is -2.34. The van der Waals surface area contributed by atoms with Crippen molar-refractivity contribution in [1.29, 1.82) is 0 Å². The summed E-state index contributed by atoms with van der Waals surface area (Å²) >= 11 is 2.04. The lowest BCUT2D eigenvalue weighted by atomic mass is 9.83. The molecule has 1 aromatic rings. The fourth-order valence-electron chi connectivity index (χ4n) is 2.46. The van der Waals surface area contributed by atoms with Crippen molar-refractivity contribution in [2.24, 2.45) is 0 Å². The van der Waals surface area contributed by atoms with Crippen LogP contribution in [0.25, 0.3) is 0 Å². The number of nitrogens with one attached hydrogen (secondary N) is 1. The van der Waals surface area contributed by atoms with Crippen LogP contribution in [0.4, 0.5) is 0 Å². The number of hydrogen-bond acceptors (Lipinski definition) is 2. The van der Waals surface area contributed by atoms with Gasteiger partial charge in [0, 0.05) is 11.1 Å². The number of phenols is 1. The molecule has 18 heavy (non-hydrogen) atoms. The molecule has 0 radical (unpaired) electrons. The highest BCUT2D eigenvalue weighted by atomic mass is 127. The third-order valence-corrected chi connectivity index (χ3v) is 4.49. The molecule has 1 aromatic carbocycles. The van der Waals surface area contributed by atoms with Gasteiger partial charge in [-0.05, 0) is 60.6 Å². The second kappa shape index (κ2) is 5.47. The number of halogens is 1. The Kier molecular flexibility index (Phi) is 4.14. The largest absolute Gasteiger partial charge is 0.507 e. The minimum absolute atomic E-state index is 0.0893. The molecule has 0 unspecified atom stereocenters. The summed E-state index contributed by atoms with van der Waals surface area (Å²) in [6, 6.07) is 5.04. The summed E-state index contributed by atoms with van der Waals surface area (Å²) in [5.41, 5.74) is 0.438. The summed E-state index contributed by atoms with van der Waals surface area (Å²) in [7, 11) is 0. The fraction of sp³-hybridized carbons (Fsp3) is 0.500. The Morgan fingerprint density at radius 1 is 1.33 bits per heavy atom. The maximum Gasteiger partial charge on any atom is 0.251 e. The van der Waals surface area contributed by atoms with Crippen LogP contribution < -0.4 is 5.32 Å². The van der Waals surface area contributed by atoms with Crippen molar-refractivity contribution in [1.82, 2.24) is 5.32 Å². The van der Waals surface area contributed by atoms with Crippen molar-refractivity contribution < 1.29 is 9.90 Å². The van der Waals surface area contributed by atoms with Gasteiger partial charge in [-0.15, -0.1) is 0 Å². The standard InChI is InChI=1S/C14H18INO2/c1-14(7-3-2-4-8-14)16-13(18)10-5-6-11(15)12(17)9-10/h5-6,9,17H,2-4,7-8H2,1H3,(H,16,18). The van der Waals surface area contributed by atoms with Crippen LogP contribution in [0, 0.1) is 3.57 Å². The van der Waals surface area contributed by atoms with Crippen LogP contribution in [-0.4, -0.2) is 16.6 Å². The van der Waals surface area contributed by atoms with Crippen molar-refractivity contribution in [3.63, 3.8) is 0 Å². The molecule has 0 bridgehead atoms. The van der Waals surface area contributed by atoms with Crippen molar-refractivity contribution in [2.75, 3.05) is 0 Å². The van der Waals surface area contributed by atoms with Crippen LogP contribution in [0.5, 0.6) is 5.75 Å². The Hall–Kier alpha value is -0.780. The molecule has 1 aliphatic rings. The summed E-state index contributed by atoms with van der Waals surface area (Å²) in [5.74, 6) is 0.0724. The van der Waals surface area contributed by atoms with Crippen LogP contribution >= 0.6 is 22.6 Å². The van der Waals surface area contributed by atoms with E-state index in [0.29, 0.717) is 5.56 Å². The molecule has 1 saturated carbocycles. The monoisotopic (exact) mass is 359 g/mol. The normalized spacial score (nSPS) is 18.3. The first-order chi connectivity index (χ1) is 8.50. The van der Waals surface area contributed by atoms with Gasteiger partial charge in [0.25, 0.3) is 5.91 Å². The molecular weight excluding hydrogens is 341 g/mol. The van der Waals surface area contributed by atoms with Crippen LogP contribution in [0.2, 0.25) is 0 Å². The van der Waals surface area contributed by atoms with E-state index in [1.54, 1.807) is 12.1 Å². The van der Waals surface area contributed by atoms with Gasteiger partial charge in [-0.3, -0.25) is 4.79 Å². The van der Waals surface area contributed by atoms with Crippen LogP contribution in [-0.2, 0) is 0 Å². The average Bonchev–Trinajstić information content (AvgIpc) is 2.33. The van der Waals surface area contributed by atoms with Gasteiger partial charge >= 0.3 is 0 Å². The second-order valence-electron chi connectivity index (χ2n) is 5.24. The van der Waals surface area contributed by atoms with E-state index in [1.807, 2.05) is 22.6 Å².